The molecule has 0 aliphatic carbocycles. The quantitative estimate of drug-likeness (QED) is 0.686. The molecule has 136 valence electrons. The average Bonchev–Trinajstić information content (AvgIpc) is 2.60. The Morgan fingerprint density at radius 3 is 2.35 bits per heavy atom. The molecule has 3 aromatic rings. The van der Waals surface area contributed by atoms with E-state index in [1.54, 1.807) is 30.5 Å². The first kappa shape index (κ1) is 18.3. The molecule has 0 aliphatic rings. The van der Waals surface area contributed by atoms with E-state index in [-0.39, 0.29) is 11.4 Å². The van der Waals surface area contributed by atoms with Gasteiger partial charge in [-0.1, -0.05) is 18.2 Å². The number of alkyl halides is 3. The highest BCUT2D eigenvalue weighted by atomic mass is 32.2. The van der Waals surface area contributed by atoms with E-state index in [0.29, 0.717) is 16.5 Å². The highest BCUT2D eigenvalue weighted by Gasteiger charge is 2.30. The van der Waals surface area contributed by atoms with E-state index in [1.165, 1.54) is 25.2 Å². The lowest BCUT2D eigenvalue weighted by molar-refractivity contribution is -0.137. The molecule has 0 saturated heterocycles. The topological polar surface area (TPSA) is 50.3 Å². The highest BCUT2D eigenvalue weighted by molar-refractivity contribution is 7.89. The molecule has 1 aromatic heterocycles. The van der Waals surface area contributed by atoms with Crippen molar-refractivity contribution >= 4 is 20.9 Å². The van der Waals surface area contributed by atoms with Gasteiger partial charge in [0.05, 0.1) is 16.0 Å². The predicted molar refractivity (Wildman–Crippen MR) is 91.8 cm³/mol. The molecule has 0 bridgehead atoms. The van der Waals surface area contributed by atoms with Gasteiger partial charge >= 0.3 is 6.18 Å². The minimum atomic E-state index is -4.42. The molecule has 0 fully saturated rings. The Hall–Kier alpha value is -2.45. The first-order chi connectivity index (χ1) is 12.2. The van der Waals surface area contributed by atoms with Crippen LogP contribution in [0.15, 0.2) is 65.7 Å². The second-order valence-electron chi connectivity index (χ2n) is 5.78. The average molecular weight is 380 g/mol. The van der Waals surface area contributed by atoms with Crippen molar-refractivity contribution in [3.63, 3.8) is 0 Å². The van der Waals surface area contributed by atoms with Gasteiger partial charge in [-0.25, -0.2) is 8.42 Å². The third-order valence-corrected chi connectivity index (χ3v) is 5.84. The maximum absolute atomic E-state index is 12.9. The van der Waals surface area contributed by atoms with Crippen molar-refractivity contribution < 1.29 is 21.6 Å². The van der Waals surface area contributed by atoms with Crippen molar-refractivity contribution in [2.75, 3.05) is 7.05 Å². The molecule has 26 heavy (non-hydrogen) atoms. The van der Waals surface area contributed by atoms with Crippen molar-refractivity contribution in [1.29, 1.82) is 0 Å². The Labute approximate surface area is 149 Å². The van der Waals surface area contributed by atoms with Crippen LogP contribution in [0.4, 0.5) is 13.2 Å². The van der Waals surface area contributed by atoms with Gasteiger partial charge in [-0.3, -0.25) is 4.98 Å². The molecule has 0 unspecified atom stereocenters. The minimum absolute atomic E-state index is 0.0445. The van der Waals surface area contributed by atoms with E-state index in [1.807, 2.05) is 0 Å². The third kappa shape index (κ3) is 3.56. The first-order valence-electron chi connectivity index (χ1n) is 7.66. The Balaban J connectivity index is 1.90. The van der Waals surface area contributed by atoms with Gasteiger partial charge in [-0.2, -0.15) is 17.5 Å². The number of nitrogens with zero attached hydrogens (tertiary/aromatic N) is 2. The number of halogens is 3. The van der Waals surface area contributed by atoms with Gasteiger partial charge in [0.2, 0.25) is 10.0 Å². The molecule has 0 saturated carbocycles. The van der Waals surface area contributed by atoms with Crippen LogP contribution in [-0.4, -0.2) is 24.8 Å². The number of aromatic nitrogens is 1. The number of pyridine rings is 1. The van der Waals surface area contributed by atoms with E-state index in [9.17, 15) is 21.6 Å². The van der Waals surface area contributed by atoms with Crippen LogP contribution < -0.4 is 0 Å². The fourth-order valence-corrected chi connectivity index (χ4v) is 3.97. The molecule has 1 heterocycles. The van der Waals surface area contributed by atoms with Crippen molar-refractivity contribution in [3.8, 4) is 0 Å². The van der Waals surface area contributed by atoms with E-state index in [2.05, 4.69) is 4.98 Å². The minimum Gasteiger partial charge on any atom is -0.256 e. The number of hydrogen-bond donors (Lipinski definition) is 0. The highest BCUT2D eigenvalue weighted by Crippen LogP contribution is 2.30. The second kappa shape index (κ2) is 6.69. The third-order valence-electron chi connectivity index (χ3n) is 3.98. The van der Waals surface area contributed by atoms with Crippen LogP contribution in [0.25, 0.3) is 10.9 Å². The first-order valence-corrected chi connectivity index (χ1v) is 9.10. The summed E-state index contributed by atoms with van der Waals surface area (Å²) in [7, 11) is -2.44. The summed E-state index contributed by atoms with van der Waals surface area (Å²) in [4.78, 5) is 4.25. The lowest BCUT2D eigenvalue weighted by Crippen LogP contribution is -2.26. The SMILES string of the molecule is CN(Cc1ccc(C(F)(F)F)cc1)S(=O)(=O)c1cccc2ncccc12. The fraction of sp³-hybridized carbons (Fsp3) is 0.167. The van der Waals surface area contributed by atoms with Gasteiger partial charge in [0.25, 0.3) is 0 Å². The van der Waals surface area contributed by atoms with Crippen LogP contribution in [-0.2, 0) is 22.7 Å². The number of benzene rings is 2. The van der Waals surface area contributed by atoms with Gasteiger partial charge in [0.15, 0.2) is 0 Å². The Morgan fingerprint density at radius 2 is 1.69 bits per heavy atom. The second-order valence-corrected chi connectivity index (χ2v) is 7.80. The molecule has 2 aromatic carbocycles. The van der Waals surface area contributed by atoms with Crippen LogP contribution in [0.2, 0.25) is 0 Å². The lowest BCUT2D eigenvalue weighted by Gasteiger charge is -2.18. The maximum Gasteiger partial charge on any atom is 0.416 e. The largest absolute Gasteiger partial charge is 0.416 e. The predicted octanol–water partition coefficient (Wildman–Crippen LogP) is 4.07. The lowest BCUT2D eigenvalue weighted by atomic mass is 10.1. The fourth-order valence-electron chi connectivity index (χ4n) is 2.61. The Morgan fingerprint density at radius 1 is 1.00 bits per heavy atom. The van der Waals surface area contributed by atoms with Crippen molar-refractivity contribution in [3.05, 3.63) is 71.9 Å². The molecular weight excluding hydrogens is 365 g/mol. The van der Waals surface area contributed by atoms with Crippen LogP contribution >= 0.6 is 0 Å². The monoisotopic (exact) mass is 380 g/mol. The van der Waals surface area contributed by atoms with E-state index in [0.717, 1.165) is 16.4 Å². The normalized spacial score (nSPS) is 12.7. The zero-order valence-corrected chi connectivity index (χ0v) is 14.6. The molecule has 3 rings (SSSR count). The summed E-state index contributed by atoms with van der Waals surface area (Å²) in [6, 6.07) is 12.6. The summed E-state index contributed by atoms with van der Waals surface area (Å²) < 4.78 is 64.8. The zero-order chi connectivity index (χ0) is 18.9. The molecule has 0 radical (unpaired) electrons. The molecule has 0 amide bonds. The van der Waals surface area contributed by atoms with Gasteiger partial charge in [0, 0.05) is 25.2 Å². The number of rotatable bonds is 4. The van der Waals surface area contributed by atoms with Crippen molar-refractivity contribution in [2.45, 2.75) is 17.6 Å². The molecular formula is C18H15F3N2O2S. The summed E-state index contributed by atoms with van der Waals surface area (Å²) in [5.74, 6) is 0. The van der Waals surface area contributed by atoms with E-state index >= 15 is 0 Å². The molecule has 0 aliphatic heterocycles. The van der Waals surface area contributed by atoms with Crippen molar-refractivity contribution in [2.24, 2.45) is 0 Å². The van der Waals surface area contributed by atoms with Gasteiger partial charge in [-0.15, -0.1) is 0 Å². The number of sulfonamides is 1. The van der Waals surface area contributed by atoms with Gasteiger partial charge < -0.3 is 0 Å². The van der Waals surface area contributed by atoms with Crippen LogP contribution in [0.5, 0.6) is 0 Å². The number of hydrogen-bond acceptors (Lipinski definition) is 3. The molecule has 0 atom stereocenters. The van der Waals surface area contributed by atoms with E-state index in [4.69, 9.17) is 0 Å². The van der Waals surface area contributed by atoms with Gasteiger partial charge in [-0.05, 0) is 42.0 Å². The Bertz CT molecular complexity index is 1030. The summed E-state index contributed by atoms with van der Waals surface area (Å²) >= 11 is 0. The molecule has 8 heteroatoms. The van der Waals surface area contributed by atoms with E-state index < -0.39 is 21.8 Å². The molecule has 4 nitrogen and oxygen atoms in total. The summed E-state index contributed by atoms with van der Waals surface area (Å²) in [6.07, 6.45) is -2.85. The summed E-state index contributed by atoms with van der Waals surface area (Å²) in [5.41, 5.74) is 0.242. The van der Waals surface area contributed by atoms with Crippen LogP contribution in [0.3, 0.4) is 0 Å². The molecule has 0 spiro atoms. The standard InChI is InChI=1S/C18H15F3N2O2S/c1-23(12-13-7-9-14(10-8-13)18(19,20)21)26(24,25)17-6-2-5-16-15(17)4-3-11-22-16/h2-11H,12H2,1H3. The number of fused-ring (bicyclic) bond motifs is 1. The summed E-state index contributed by atoms with van der Waals surface area (Å²) in [6.45, 7) is -0.0445. The van der Waals surface area contributed by atoms with Crippen LogP contribution in [0.1, 0.15) is 11.1 Å². The summed E-state index contributed by atoms with van der Waals surface area (Å²) in [5, 5.41) is 0.495. The smallest absolute Gasteiger partial charge is 0.256 e. The van der Waals surface area contributed by atoms with Crippen molar-refractivity contribution in [1.82, 2.24) is 9.29 Å². The van der Waals surface area contributed by atoms with Gasteiger partial charge in [0.1, 0.15) is 0 Å². The van der Waals surface area contributed by atoms with Crippen LogP contribution in [0, 0.1) is 0 Å². The molecule has 0 N–H and O–H groups in total. The Kier molecular flexibility index (Phi) is 4.72. The maximum atomic E-state index is 12.9. The zero-order valence-electron chi connectivity index (χ0n) is 13.7.